The van der Waals surface area contributed by atoms with Crippen molar-refractivity contribution in [2.24, 2.45) is 0 Å². The number of halogens is 2. The first-order chi connectivity index (χ1) is 9.69. The molecule has 0 spiro atoms. The first-order valence-electron chi connectivity index (χ1n) is 6.51. The van der Waals surface area contributed by atoms with Gasteiger partial charge in [0.25, 0.3) is 0 Å². The van der Waals surface area contributed by atoms with E-state index in [1.807, 2.05) is 10.6 Å². The van der Waals surface area contributed by atoms with Gasteiger partial charge in [0.15, 0.2) is 5.82 Å². The Bertz CT molecular complexity index is 623. The van der Waals surface area contributed by atoms with Gasteiger partial charge in [-0.3, -0.25) is 0 Å². The van der Waals surface area contributed by atoms with Crippen LogP contribution >= 0.6 is 11.6 Å². The maximum absolute atomic E-state index is 13.8. The zero-order valence-corrected chi connectivity index (χ0v) is 12.0. The second kappa shape index (κ2) is 5.31. The number of imidazole rings is 1. The number of alkyl halides is 1. The van der Waals surface area contributed by atoms with Crippen molar-refractivity contribution in [2.75, 3.05) is 20.3 Å². The van der Waals surface area contributed by atoms with E-state index in [4.69, 9.17) is 21.1 Å². The molecule has 1 aliphatic rings. The number of rotatable bonds is 4. The molecule has 1 aromatic carbocycles. The fourth-order valence-corrected chi connectivity index (χ4v) is 2.87. The lowest BCUT2D eigenvalue weighted by Crippen LogP contribution is -2.37. The average Bonchev–Trinajstić information content (AvgIpc) is 3.06. The second-order valence-corrected chi connectivity index (χ2v) is 5.31. The number of methoxy groups -OCH3 is 1. The number of nitrogens with zero attached hydrogens (tertiary/aromatic N) is 2. The first-order valence-corrected chi connectivity index (χ1v) is 7.05. The molecule has 2 aromatic rings. The monoisotopic (exact) mass is 298 g/mol. The molecular weight excluding hydrogens is 283 g/mol. The Morgan fingerprint density at radius 2 is 2.40 bits per heavy atom. The summed E-state index contributed by atoms with van der Waals surface area (Å²) in [5, 5.41) is 0. The zero-order valence-electron chi connectivity index (χ0n) is 11.2. The summed E-state index contributed by atoms with van der Waals surface area (Å²) in [6, 6.07) is 4.93. The first kappa shape index (κ1) is 13.8. The van der Waals surface area contributed by atoms with E-state index in [9.17, 15) is 4.39 Å². The van der Waals surface area contributed by atoms with Crippen LogP contribution in [0.2, 0.25) is 0 Å². The molecule has 1 aromatic heterocycles. The second-order valence-electron chi connectivity index (χ2n) is 5.05. The molecule has 108 valence electrons. The van der Waals surface area contributed by atoms with Gasteiger partial charge in [0, 0.05) is 20.1 Å². The summed E-state index contributed by atoms with van der Waals surface area (Å²) >= 11 is 5.95. The normalized spacial score (nSPS) is 22.8. The molecule has 4 nitrogen and oxygen atoms in total. The molecule has 1 saturated heterocycles. The quantitative estimate of drug-likeness (QED) is 0.814. The van der Waals surface area contributed by atoms with Gasteiger partial charge in [0.05, 0.1) is 24.5 Å². The lowest BCUT2D eigenvalue weighted by Gasteiger charge is -2.27. The van der Waals surface area contributed by atoms with Gasteiger partial charge in [-0.2, -0.15) is 0 Å². The Morgan fingerprint density at radius 1 is 1.55 bits per heavy atom. The molecule has 1 fully saturated rings. The van der Waals surface area contributed by atoms with Gasteiger partial charge in [-0.15, -0.1) is 11.6 Å². The third kappa shape index (κ3) is 2.20. The predicted molar refractivity (Wildman–Crippen MR) is 74.4 cm³/mol. The third-order valence-corrected chi connectivity index (χ3v) is 4.11. The molecule has 0 bridgehead atoms. The molecule has 0 N–H and O–H groups in total. The Morgan fingerprint density at radius 3 is 3.05 bits per heavy atom. The third-order valence-electron chi connectivity index (χ3n) is 3.87. The van der Waals surface area contributed by atoms with Crippen LogP contribution in [-0.4, -0.2) is 35.5 Å². The Hall–Kier alpha value is -1.17. The molecule has 1 unspecified atom stereocenters. The van der Waals surface area contributed by atoms with Crippen LogP contribution in [0.4, 0.5) is 4.39 Å². The maximum Gasteiger partial charge on any atom is 0.151 e. The number of aromatic nitrogens is 2. The molecule has 0 saturated carbocycles. The molecular formula is C14H16ClFN2O2. The molecule has 0 aliphatic carbocycles. The molecule has 20 heavy (non-hydrogen) atoms. The van der Waals surface area contributed by atoms with Crippen molar-refractivity contribution in [3.63, 3.8) is 0 Å². The van der Waals surface area contributed by atoms with Crippen LogP contribution in [0.5, 0.6) is 0 Å². The smallest absolute Gasteiger partial charge is 0.151 e. The van der Waals surface area contributed by atoms with Gasteiger partial charge < -0.3 is 14.0 Å². The summed E-state index contributed by atoms with van der Waals surface area (Å²) in [5.41, 5.74) is 0.707. The molecule has 0 amide bonds. The lowest BCUT2D eigenvalue weighted by molar-refractivity contribution is -0.0291. The average molecular weight is 299 g/mol. The summed E-state index contributed by atoms with van der Waals surface area (Å²) in [6.07, 6.45) is 0.806. The highest BCUT2D eigenvalue weighted by Gasteiger charge is 2.36. The Kier molecular flexibility index (Phi) is 3.67. The topological polar surface area (TPSA) is 36.3 Å². The summed E-state index contributed by atoms with van der Waals surface area (Å²) in [6.45, 7) is 1.76. The standard InChI is InChI=1S/C14H16ClFN2O2/c1-19-14(5-6-20-9-14)8-18-11-4-2-3-10(16)13(11)17-12(18)7-15/h2-4H,5-9H2,1H3. The van der Waals surface area contributed by atoms with Crippen molar-refractivity contribution in [1.29, 1.82) is 0 Å². The minimum Gasteiger partial charge on any atom is -0.378 e. The van der Waals surface area contributed by atoms with Crippen LogP contribution in [-0.2, 0) is 21.9 Å². The van der Waals surface area contributed by atoms with Gasteiger partial charge in [-0.25, -0.2) is 9.37 Å². The van der Waals surface area contributed by atoms with Crippen molar-refractivity contribution < 1.29 is 13.9 Å². The summed E-state index contributed by atoms with van der Waals surface area (Å²) in [4.78, 5) is 4.30. The van der Waals surface area contributed by atoms with E-state index < -0.39 is 0 Å². The Labute approximate surface area is 121 Å². The molecule has 3 rings (SSSR count). The zero-order chi connectivity index (χ0) is 14.2. The van der Waals surface area contributed by atoms with Crippen molar-refractivity contribution in [1.82, 2.24) is 9.55 Å². The van der Waals surface area contributed by atoms with Gasteiger partial charge >= 0.3 is 0 Å². The number of benzene rings is 1. The number of ether oxygens (including phenoxy) is 2. The van der Waals surface area contributed by atoms with Crippen molar-refractivity contribution in [3.8, 4) is 0 Å². The molecule has 2 heterocycles. The van der Waals surface area contributed by atoms with Crippen LogP contribution in [0.3, 0.4) is 0 Å². The molecule has 0 radical (unpaired) electrons. The predicted octanol–water partition coefficient (Wildman–Crippen LogP) is 2.72. The van der Waals surface area contributed by atoms with E-state index in [1.165, 1.54) is 6.07 Å². The van der Waals surface area contributed by atoms with Crippen LogP contribution < -0.4 is 0 Å². The van der Waals surface area contributed by atoms with E-state index in [-0.39, 0.29) is 17.3 Å². The van der Waals surface area contributed by atoms with Crippen LogP contribution in [0.1, 0.15) is 12.2 Å². The fourth-order valence-electron chi connectivity index (χ4n) is 2.67. The lowest BCUT2D eigenvalue weighted by atomic mass is 10.0. The van der Waals surface area contributed by atoms with E-state index >= 15 is 0 Å². The van der Waals surface area contributed by atoms with Gasteiger partial charge in [-0.1, -0.05) is 6.07 Å². The minimum atomic E-state index is -0.388. The SMILES string of the molecule is COC1(Cn2c(CCl)nc3c(F)cccc32)CCOC1. The number of fused-ring (bicyclic) bond motifs is 1. The number of hydrogen-bond acceptors (Lipinski definition) is 3. The largest absolute Gasteiger partial charge is 0.378 e. The fraction of sp³-hybridized carbons (Fsp3) is 0.500. The highest BCUT2D eigenvalue weighted by molar-refractivity contribution is 6.16. The molecule has 1 aliphatic heterocycles. The van der Waals surface area contributed by atoms with Gasteiger partial charge in [0.1, 0.15) is 16.9 Å². The van der Waals surface area contributed by atoms with E-state index in [0.29, 0.717) is 31.1 Å². The molecule has 1 atom stereocenters. The molecule has 6 heteroatoms. The van der Waals surface area contributed by atoms with Crippen molar-refractivity contribution in [2.45, 2.75) is 24.4 Å². The summed E-state index contributed by atoms with van der Waals surface area (Å²) in [7, 11) is 1.68. The maximum atomic E-state index is 13.8. The number of para-hydroxylation sites is 1. The van der Waals surface area contributed by atoms with Crippen molar-refractivity contribution >= 4 is 22.6 Å². The Balaban J connectivity index is 2.08. The van der Waals surface area contributed by atoms with E-state index in [1.54, 1.807) is 13.2 Å². The van der Waals surface area contributed by atoms with E-state index in [2.05, 4.69) is 4.98 Å². The highest BCUT2D eigenvalue weighted by atomic mass is 35.5. The van der Waals surface area contributed by atoms with Gasteiger partial charge in [-0.05, 0) is 12.1 Å². The van der Waals surface area contributed by atoms with Crippen LogP contribution in [0, 0.1) is 5.82 Å². The van der Waals surface area contributed by atoms with Crippen molar-refractivity contribution in [3.05, 3.63) is 29.8 Å². The van der Waals surface area contributed by atoms with E-state index in [0.717, 1.165) is 11.9 Å². The van der Waals surface area contributed by atoms with Crippen LogP contribution in [0.15, 0.2) is 18.2 Å². The summed E-state index contributed by atoms with van der Waals surface area (Å²) < 4.78 is 26.8. The number of hydrogen-bond donors (Lipinski definition) is 0. The minimum absolute atomic E-state index is 0.231. The van der Waals surface area contributed by atoms with Gasteiger partial charge in [0.2, 0.25) is 0 Å². The summed E-state index contributed by atoms with van der Waals surface area (Å²) in [5.74, 6) is 0.547. The van der Waals surface area contributed by atoms with Crippen LogP contribution in [0.25, 0.3) is 11.0 Å². The highest BCUT2D eigenvalue weighted by Crippen LogP contribution is 2.28.